The van der Waals surface area contributed by atoms with Crippen molar-refractivity contribution in [1.29, 1.82) is 0 Å². The summed E-state index contributed by atoms with van der Waals surface area (Å²) in [6.07, 6.45) is 1.01. The Kier molecular flexibility index (Phi) is 4.04. The van der Waals surface area contributed by atoms with Crippen LogP contribution < -0.4 is 5.73 Å². The summed E-state index contributed by atoms with van der Waals surface area (Å²) < 4.78 is 23.9. The van der Waals surface area contributed by atoms with E-state index in [1.807, 2.05) is 0 Å². The Morgan fingerprint density at radius 3 is 3.06 bits per heavy atom. The molecule has 1 aromatic rings. The zero-order valence-corrected chi connectivity index (χ0v) is 9.63. The van der Waals surface area contributed by atoms with Crippen LogP contribution in [0.2, 0.25) is 0 Å². The van der Waals surface area contributed by atoms with Crippen molar-refractivity contribution in [1.82, 2.24) is 0 Å². The van der Waals surface area contributed by atoms with Gasteiger partial charge in [0.1, 0.15) is 12.6 Å². The molecule has 1 aromatic carbocycles. The predicted molar refractivity (Wildman–Crippen MR) is 61.8 cm³/mol. The van der Waals surface area contributed by atoms with Gasteiger partial charge in [-0.3, -0.25) is 0 Å². The summed E-state index contributed by atoms with van der Waals surface area (Å²) >= 11 is 1.45. The van der Waals surface area contributed by atoms with Crippen LogP contribution in [0, 0.1) is 5.82 Å². The summed E-state index contributed by atoms with van der Waals surface area (Å²) in [5.41, 5.74) is 5.92. The van der Waals surface area contributed by atoms with Crippen LogP contribution in [0.3, 0.4) is 0 Å². The maximum absolute atomic E-state index is 13.4. The number of nitrogen functional groups attached to an aromatic ring is 1. The van der Waals surface area contributed by atoms with Crippen molar-refractivity contribution in [2.45, 2.75) is 17.4 Å². The fourth-order valence-corrected chi connectivity index (χ4v) is 2.44. The molecule has 0 saturated carbocycles. The Hall–Kier alpha value is -0.780. The molecule has 2 rings (SSSR count). The van der Waals surface area contributed by atoms with E-state index in [9.17, 15) is 4.39 Å². The van der Waals surface area contributed by atoms with Crippen molar-refractivity contribution < 1.29 is 13.9 Å². The van der Waals surface area contributed by atoms with Crippen LogP contribution in [0.1, 0.15) is 6.42 Å². The van der Waals surface area contributed by atoms with E-state index in [-0.39, 0.29) is 11.9 Å². The van der Waals surface area contributed by atoms with Crippen molar-refractivity contribution in [3.63, 3.8) is 0 Å². The number of halogens is 1. The lowest BCUT2D eigenvalue weighted by Crippen LogP contribution is -2.25. The second-order valence-corrected chi connectivity index (χ2v) is 4.67. The Labute approximate surface area is 98.1 Å². The molecule has 1 aliphatic rings. The lowest BCUT2D eigenvalue weighted by Gasteiger charge is -2.22. The predicted octanol–water partition coefficient (Wildman–Crippen LogP) is 2.26. The second kappa shape index (κ2) is 5.52. The van der Waals surface area contributed by atoms with E-state index in [1.54, 1.807) is 12.1 Å². The SMILES string of the molecule is Nc1ccc(SCC2CCOCO2)c(F)c1. The first-order chi connectivity index (χ1) is 7.75. The lowest BCUT2D eigenvalue weighted by atomic mass is 10.3. The van der Waals surface area contributed by atoms with Gasteiger partial charge < -0.3 is 15.2 Å². The number of thioether (sulfide) groups is 1. The summed E-state index contributed by atoms with van der Waals surface area (Å²) in [4.78, 5) is 0.615. The molecule has 2 N–H and O–H groups in total. The maximum atomic E-state index is 13.4. The molecular formula is C11H14FNO2S. The van der Waals surface area contributed by atoms with Gasteiger partial charge >= 0.3 is 0 Å². The fourth-order valence-electron chi connectivity index (χ4n) is 1.45. The molecule has 0 bridgehead atoms. The van der Waals surface area contributed by atoms with Crippen LogP contribution in [0.5, 0.6) is 0 Å². The van der Waals surface area contributed by atoms with Crippen LogP contribution >= 0.6 is 11.8 Å². The topological polar surface area (TPSA) is 44.5 Å². The molecule has 1 atom stereocenters. The van der Waals surface area contributed by atoms with Gasteiger partial charge in [0.15, 0.2) is 0 Å². The van der Waals surface area contributed by atoms with E-state index < -0.39 is 0 Å². The highest BCUT2D eigenvalue weighted by atomic mass is 32.2. The van der Waals surface area contributed by atoms with Crippen LogP contribution in [-0.2, 0) is 9.47 Å². The first-order valence-corrected chi connectivity index (χ1v) is 6.11. The van der Waals surface area contributed by atoms with Gasteiger partial charge in [0.05, 0.1) is 12.7 Å². The molecule has 1 fully saturated rings. The molecule has 0 aliphatic carbocycles. The molecule has 0 radical (unpaired) electrons. The van der Waals surface area contributed by atoms with Crippen molar-refractivity contribution in [3.8, 4) is 0 Å². The Morgan fingerprint density at radius 2 is 2.38 bits per heavy atom. The molecule has 3 nitrogen and oxygen atoms in total. The van der Waals surface area contributed by atoms with Crippen LogP contribution in [0.4, 0.5) is 10.1 Å². The third-order valence-corrected chi connectivity index (χ3v) is 3.53. The first-order valence-electron chi connectivity index (χ1n) is 5.13. The van der Waals surface area contributed by atoms with E-state index in [0.717, 1.165) is 18.8 Å². The molecule has 1 unspecified atom stereocenters. The van der Waals surface area contributed by atoms with E-state index in [4.69, 9.17) is 15.2 Å². The number of anilines is 1. The van der Waals surface area contributed by atoms with Gasteiger partial charge in [0.2, 0.25) is 0 Å². The van der Waals surface area contributed by atoms with Gasteiger partial charge in [-0.05, 0) is 24.6 Å². The zero-order valence-electron chi connectivity index (χ0n) is 8.82. The average molecular weight is 243 g/mol. The molecule has 1 saturated heterocycles. The van der Waals surface area contributed by atoms with Crippen molar-refractivity contribution in [3.05, 3.63) is 24.0 Å². The molecule has 0 aromatic heterocycles. The summed E-state index contributed by atoms with van der Waals surface area (Å²) in [6, 6.07) is 4.75. The van der Waals surface area contributed by atoms with Crippen molar-refractivity contribution in [2.75, 3.05) is 24.9 Å². The van der Waals surface area contributed by atoms with Gasteiger partial charge in [-0.2, -0.15) is 0 Å². The standard InChI is InChI=1S/C11H14FNO2S/c12-10-5-8(13)1-2-11(10)16-6-9-3-4-14-7-15-9/h1-2,5,9H,3-4,6-7,13H2. The van der Waals surface area contributed by atoms with E-state index in [0.29, 0.717) is 17.4 Å². The van der Waals surface area contributed by atoms with Crippen molar-refractivity contribution in [2.24, 2.45) is 0 Å². The summed E-state index contributed by atoms with van der Waals surface area (Å²) in [5.74, 6) is 0.474. The van der Waals surface area contributed by atoms with Gasteiger partial charge in [-0.1, -0.05) is 0 Å². The molecule has 88 valence electrons. The average Bonchev–Trinajstić information content (AvgIpc) is 2.29. The van der Waals surface area contributed by atoms with Crippen LogP contribution in [-0.4, -0.2) is 25.3 Å². The Bertz CT molecular complexity index is 356. The Morgan fingerprint density at radius 1 is 1.50 bits per heavy atom. The highest BCUT2D eigenvalue weighted by molar-refractivity contribution is 7.99. The quantitative estimate of drug-likeness (QED) is 0.653. The molecular weight excluding hydrogens is 229 g/mol. The summed E-state index contributed by atoms with van der Waals surface area (Å²) in [5, 5.41) is 0. The Balaban J connectivity index is 1.88. The van der Waals surface area contributed by atoms with E-state index in [1.165, 1.54) is 17.8 Å². The second-order valence-electron chi connectivity index (χ2n) is 3.60. The number of rotatable bonds is 3. The van der Waals surface area contributed by atoms with Crippen LogP contribution in [0.15, 0.2) is 23.1 Å². The molecule has 0 spiro atoms. The lowest BCUT2D eigenvalue weighted by molar-refractivity contribution is -0.130. The highest BCUT2D eigenvalue weighted by Crippen LogP contribution is 2.25. The number of benzene rings is 1. The number of nitrogens with two attached hydrogens (primary N) is 1. The number of hydrogen-bond acceptors (Lipinski definition) is 4. The fraction of sp³-hybridized carbons (Fsp3) is 0.455. The monoisotopic (exact) mass is 243 g/mol. The molecule has 0 amide bonds. The maximum Gasteiger partial charge on any atom is 0.147 e. The van der Waals surface area contributed by atoms with Gasteiger partial charge in [0, 0.05) is 16.3 Å². The van der Waals surface area contributed by atoms with Crippen LogP contribution in [0.25, 0.3) is 0 Å². The van der Waals surface area contributed by atoms with E-state index >= 15 is 0 Å². The third kappa shape index (κ3) is 3.10. The summed E-state index contributed by atoms with van der Waals surface area (Å²) in [6.45, 7) is 1.06. The molecule has 5 heteroatoms. The smallest absolute Gasteiger partial charge is 0.147 e. The molecule has 16 heavy (non-hydrogen) atoms. The van der Waals surface area contributed by atoms with E-state index in [2.05, 4.69) is 0 Å². The zero-order chi connectivity index (χ0) is 11.4. The number of ether oxygens (including phenoxy) is 2. The minimum absolute atomic E-state index is 0.149. The van der Waals surface area contributed by atoms with Gasteiger partial charge in [-0.25, -0.2) is 4.39 Å². The normalized spacial score (nSPS) is 20.9. The number of hydrogen-bond donors (Lipinski definition) is 1. The van der Waals surface area contributed by atoms with Gasteiger partial charge in [-0.15, -0.1) is 11.8 Å². The minimum atomic E-state index is -0.267. The molecule has 1 heterocycles. The van der Waals surface area contributed by atoms with Gasteiger partial charge in [0.25, 0.3) is 0 Å². The summed E-state index contributed by atoms with van der Waals surface area (Å²) in [7, 11) is 0. The minimum Gasteiger partial charge on any atom is -0.399 e. The molecule has 1 aliphatic heterocycles. The highest BCUT2D eigenvalue weighted by Gasteiger charge is 2.15. The first kappa shape index (κ1) is 11.7. The third-order valence-electron chi connectivity index (χ3n) is 2.35. The largest absolute Gasteiger partial charge is 0.399 e. The van der Waals surface area contributed by atoms with Crippen molar-refractivity contribution >= 4 is 17.4 Å².